The Balaban J connectivity index is 1.68. The van der Waals surface area contributed by atoms with E-state index in [2.05, 4.69) is 28.2 Å². The van der Waals surface area contributed by atoms with Crippen LogP contribution >= 0.6 is 11.3 Å². The van der Waals surface area contributed by atoms with Crippen molar-refractivity contribution < 1.29 is 5.11 Å². The second-order valence-corrected chi connectivity index (χ2v) is 6.94. The molecule has 2 nitrogen and oxygen atoms in total. The first-order chi connectivity index (χ1) is 9.88. The van der Waals surface area contributed by atoms with Crippen LogP contribution in [0.4, 0.5) is 0 Å². The fourth-order valence-corrected chi connectivity index (χ4v) is 4.67. The Kier molecular flexibility index (Phi) is 4.77. The lowest BCUT2D eigenvalue weighted by Crippen LogP contribution is -2.34. The first-order valence-corrected chi connectivity index (χ1v) is 8.66. The third-order valence-electron chi connectivity index (χ3n) is 4.75. The number of hydrogen-bond acceptors (Lipinski definition) is 3. The predicted octanol–water partition coefficient (Wildman–Crippen LogP) is 3.25. The monoisotopic (exact) mass is 289 g/mol. The number of aliphatic hydroxyl groups is 1. The Morgan fingerprint density at radius 3 is 2.90 bits per heavy atom. The van der Waals surface area contributed by atoms with E-state index in [4.69, 9.17) is 5.11 Å². The van der Waals surface area contributed by atoms with Crippen LogP contribution in [0.1, 0.15) is 49.0 Å². The molecule has 2 fully saturated rings. The number of rotatable bonds is 3. The third kappa shape index (κ3) is 3.09. The molecule has 0 amide bonds. The van der Waals surface area contributed by atoms with Gasteiger partial charge in [-0.3, -0.25) is 4.90 Å². The van der Waals surface area contributed by atoms with Crippen molar-refractivity contribution in [2.75, 3.05) is 13.2 Å². The second kappa shape index (κ2) is 6.76. The molecule has 0 spiro atoms. The fourth-order valence-electron chi connectivity index (χ4n) is 3.82. The highest BCUT2D eigenvalue weighted by Gasteiger charge is 2.33. The van der Waals surface area contributed by atoms with Gasteiger partial charge in [-0.2, -0.15) is 0 Å². The van der Waals surface area contributed by atoms with E-state index in [1.165, 1.54) is 49.9 Å². The number of aliphatic hydroxyl groups excluding tert-OH is 1. The van der Waals surface area contributed by atoms with Crippen LogP contribution in [0.5, 0.6) is 0 Å². The van der Waals surface area contributed by atoms with Crippen molar-refractivity contribution in [2.24, 2.45) is 5.92 Å². The van der Waals surface area contributed by atoms with Crippen LogP contribution in [0.3, 0.4) is 0 Å². The quantitative estimate of drug-likeness (QED) is 0.864. The molecule has 1 saturated heterocycles. The van der Waals surface area contributed by atoms with Gasteiger partial charge in [-0.1, -0.05) is 24.7 Å². The van der Waals surface area contributed by atoms with E-state index in [9.17, 15) is 0 Å². The van der Waals surface area contributed by atoms with Crippen molar-refractivity contribution >= 4 is 11.3 Å². The molecule has 1 N–H and O–H groups in total. The minimum absolute atomic E-state index is 0.0519. The number of thiophene rings is 1. The standard InChI is InChI=1S/C17H23NOS/c19-11-4-7-15-9-12-20-17(15)13-18-10-3-8-16(18)14-5-1-2-6-14/h9,12,14,16,19H,1-3,5-6,8,10-11,13H2. The minimum atomic E-state index is -0.0519. The molecule has 1 unspecified atom stereocenters. The van der Waals surface area contributed by atoms with E-state index >= 15 is 0 Å². The van der Waals surface area contributed by atoms with Gasteiger partial charge in [-0.15, -0.1) is 11.3 Å². The molecule has 1 aliphatic heterocycles. The summed E-state index contributed by atoms with van der Waals surface area (Å²) in [6.07, 6.45) is 8.46. The van der Waals surface area contributed by atoms with Gasteiger partial charge in [0.25, 0.3) is 0 Å². The fraction of sp³-hybridized carbons (Fsp3) is 0.647. The van der Waals surface area contributed by atoms with Crippen LogP contribution in [0, 0.1) is 17.8 Å². The van der Waals surface area contributed by atoms with Gasteiger partial charge in [-0.25, -0.2) is 0 Å². The summed E-state index contributed by atoms with van der Waals surface area (Å²) in [5.41, 5.74) is 1.11. The lowest BCUT2D eigenvalue weighted by atomic mass is 9.96. The first-order valence-electron chi connectivity index (χ1n) is 7.78. The lowest BCUT2D eigenvalue weighted by molar-refractivity contribution is 0.184. The molecular weight excluding hydrogens is 266 g/mol. The van der Waals surface area contributed by atoms with E-state index in [0.717, 1.165) is 24.1 Å². The Labute approximate surface area is 125 Å². The van der Waals surface area contributed by atoms with Gasteiger partial charge in [0, 0.05) is 23.0 Å². The SMILES string of the molecule is OCC#Cc1ccsc1CN1CCCC1C1CCCC1. The van der Waals surface area contributed by atoms with Crippen LogP contribution in [-0.2, 0) is 6.54 Å². The highest BCUT2D eigenvalue weighted by molar-refractivity contribution is 7.10. The molecule has 1 aliphatic carbocycles. The molecule has 0 radical (unpaired) electrons. The van der Waals surface area contributed by atoms with Crippen LogP contribution in [0.15, 0.2) is 11.4 Å². The Bertz CT molecular complexity index is 493. The summed E-state index contributed by atoms with van der Waals surface area (Å²) < 4.78 is 0. The van der Waals surface area contributed by atoms with Crippen molar-refractivity contribution in [1.82, 2.24) is 4.90 Å². The van der Waals surface area contributed by atoms with Crippen molar-refractivity contribution in [2.45, 2.75) is 51.1 Å². The molecule has 20 heavy (non-hydrogen) atoms. The molecule has 108 valence electrons. The summed E-state index contributed by atoms with van der Waals surface area (Å²) in [6.45, 7) is 2.24. The van der Waals surface area contributed by atoms with Gasteiger partial charge < -0.3 is 5.11 Å². The molecule has 2 aliphatic rings. The molecule has 0 aromatic carbocycles. The molecule has 3 heteroatoms. The van der Waals surface area contributed by atoms with Crippen molar-refractivity contribution in [1.29, 1.82) is 0 Å². The third-order valence-corrected chi connectivity index (χ3v) is 5.66. The molecule has 3 rings (SSSR count). The van der Waals surface area contributed by atoms with Crippen molar-refractivity contribution in [3.05, 3.63) is 21.9 Å². The van der Waals surface area contributed by atoms with Gasteiger partial charge in [0.2, 0.25) is 0 Å². The molecular formula is C17H23NOS. The summed E-state index contributed by atoms with van der Waals surface area (Å²) in [5.74, 6) is 6.80. The zero-order valence-corrected chi connectivity index (χ0v) is 12.8. The zero-order chi connectivity index (χ0) is 13.8. The lowest BCUT2D eigenvalue weighted by Gasteiger charge is -2.29. The molecule has 0 bridgehead atoms. The van der Waals surface area contributed by atoms with E-state index in [1.807, 2.05) is 0 Å². The summed E-state index contributed by atoms with van der Waals surface area (Å²) in [4.78, 5) is 4.06. The molecule has 1 aromatic rings. The van der Waals surface area contributed by atoms with E-state index < -0.39 is 0 Å². The molecule has 1 aromatic heterocycles. The maximum absolute atomic E-state index is 8.85. The highest BCUT2D eigenvalue weighted by Crippen LogP contribution is 2.36. The van der Waals surface area contributed by atoms with Gasteiger partial charge >= 0.3 is 0 Å². The Hall–Kier alpha value is -0.820. The molecule has 2 heterocycles. The number of nitrogens with zero attached hydrogens (tertiary/aromatic N) is 1. The minimum Gasteiger partial charge on any atom is -0.384 e. The number of hydrogen-bond donors (Lipinski definition) is 1. The van der Waals surface area contributed by atoms with E-state index in [-0.39, 0.29) is 6.61 Å². The second-order valence-electron chi connectivity index (χ2n) is 5.94. The van der Waals surface area contributed by atoms with Crippen LogP contribution in [0.2, 0.25) is 0 Å². The van der Waals surface area contributed by atoms with Crippen LogP contribution in [0.25, 0.3) is 0 Å². The van der Waals surface area contributed by atoms with Gasteiger partial charge in [0.1, 0.15) is 6.61 Å². The Morgan fingerprint density at radius 2 is 2.10 bits per heavy atom. The van der Waals surface area contributed by atoms with Crippen LogP contribution < -0.4 is 0 Å². The highest BCUT2D eigenvalue weighted by atomic mass is 32.1. The van der Waals surface area contributed by atoms with E-state index in [0.29, 0.717) is 0 Å². The smallest absolute Gasteiger partial charge is 0.104 e. The predicted molar refractivity (Wildman–Crippen MR) is 83.7 cm³/mol. The largest absolute Gasteiger partial charge is 0.384 e. The average molecular weight is 289 g/mol. The average Bonchev–Trinajstić information content (AvgIpc) is 3.18. The number of likely N-dealkylation sites (tertiary alicyclic amines) is 1. The van der Waals surface area contributed by atoms with Crippen molar-refractivity contribution in [3.63, 3.8) is 0 Å². The summed E-state index contributed by atoms with van der Waals surface area (Å²) in [6, 6.07) is 2.89. The first kappa shape index (κ1) is 14.1. The van der Waals surface area contributed by atoms with Crippen LogP contribution in [-0.4, -0.2) is 29.2 Å². The maximum atomic E-state index is 8.85. The zero-order valence-electron chi connectivity index (χ0n) is 12.0. The topological polar surface area (TPSA) is 23.5 Å². The van der Waals surface area contributed by atoms with Gasteiger partial charge in [-0.05, 0) is 49.6 Å². The van der Waals surface area contributed by atoms with Gasteiger partial charge in [0.05, 0.1) is 0 Å². The summed E-state index contributed by atoms with van der Waals surface area (Å²) >= 11 is 1.81. The normalized spacial score (nSPS) is 23.9. The maximum Gasteiger partial charge on any atom is 0.104 e. The molecule has 1 saturated carbocycles. The van der Waals surface area contributed by atoms with E-state index in [1.54, 1.807) is 11.3 Å². The Morgan fingerprint density at radius 1 is 1.25 bits per heavy atom. The molecule has 1 atom stereocenters. The summed E-state index contributed by atoms with van der Waals surface area (Å²) in [7, 11) is 0. The van der Waals surface area contributed by atoms with Gasteiger partial charge in [0.15, 0.2) is 0 Å². The van der Waals surface area contributed by atoms with Crippen molar-refractivity contribution in [3.8, 4) is 11.8 Å². The summed E-state index contributed by atoms with van der Waals surface area (Å²) in [5, 5.41) is 11.0.